The van der Waals surface area contributed by atoms with E-state index in [-0.39, 0.29) is 24.0 Å². The van der Waals surface area contributed by atoms with Crippen molar-refractivity contribution in [2.45, 2.75) is 70.4 Å². The molecule has 0 bridgehead atoms. The van der Waals surface area contributed by atoms with Crippen LogP contribution in [0.4, 0.5) is 4.79 Å². The maximum absolute atomic E-state index is 12.0. The summed E-state index contributed by atoms with van der Waals surface area (Å²) in [5, 5.41) is 14.9. The molecule has 0 aromatic heterocycles. The molecule has 0 spiro atoms. The Kier molecular flexibility index (Phi) is 5.26. The zero-order chi connectivity index (χ0) is 14.5. The lowest BCUT2D eigenvalue weighted by Gasteiger charge is -2.28. The highest BCUT2D eigenvalue weighted by molar-refractivity contribution is 5.75. The van der Waals surface area contributed by atoms with E-state index in [0.29, 0.717) is 18.8 Å². The first-order valence-electron chi connectivity index (χ1n) is 7.86. The van der Waals surface area contributed by atoms with Crippen LogP contribution in [0.25, 0.3) is 0 Å². The minimum absolute atomic E-state index is 0.00894. The highest BCUT2D eigenvalue weighted by Gasteiger charge is 2.31. The monoisotopic (exact) mass is 282 g/mol. The summed E-state index contributed by atoms with van der Waals surface area (Å²) in [6.45, 7) is 2.07. The third kappa shape index (κ3) is 4.12. The predicted molar refractivity (Wildman–Crippen MR) is 76.5 cm³/mol. The third-order valence-corrected chi connectivity index (χ3v) is 4.83. The number of rotatable bonds is 4. The van der Waals surface area contributed by atoms with Gasteiger partial charge in [0, 0.05) is 12.1 Å². The number of hydrogen-bond donors (Lipinski definition) is 3. The van der Waals surface area contributed by atoms with Gasteiger partial charge in [-0.1, -0.05) is 19.3 Å². The second kappa shape index (κ2) is 6.95. The molecule has 3 N–H and O–H groups in total. The summed E-state index contributed by atoms with van der Waals surface area (Å²) in [7, 11) is 0. The van der Waals surface area contributed by atoms with Crippen molar-refractivity contribution < 1.29 is 14.7 Å². The summed E-state index contributed by atoms with van der Waals surface area (Å²) in [6, 6.07) is 0.0701. The van der Waals surface area contributed by atoms with Gasteiger partial charge in [-0.25, -0.2) is 4.79 Å². The first-order chi connectivity index (χ1) is 9.56. The van der Waals surface area contributed by atoms with Gasteiger partial charge in [-0.3, -0.25) is 4.79 Å². The molecule has 1 unspecified atom stereocenters. The quantitative estimate of drug-likeness (QED) is 0.741. The van der Waals surface area contributed by atoms with Gasteiger partial charge in [0.15, 0.2) is 0 Å². The molecule has 0 saturated heterocycles. The molecule has 0 radical (unpaired) electrons. The lowest BCUT2D eigenvalue weighted by molar-refractivity contribution is -0.141. The second-order valence-corrected chi connectivity index (χ2v) is 6.35. The normalized spacial score (nSPS) is 28.9. The van der Waals surface area contributed by atoms with Crippen molar-refractivity contribution >= 4 is 12.0 Å². The largest absolute Gasteiger partial charge is 0.481 e. The van der Waals surface area contributed by atoms with E-state index in [1.807, 2.05) is 0 Å². The Morgan fingerprint density at radius 2 is 1.80 bits per heavy atom. The third-order valence-electron chi connectivity index (χ3n) is 4.83. The smallest absolute Gasteiger partial charge is 0.315 e. The van der Waals surface area contributed by atoms with Crippen LogP contribution in [0.3, 0.4) is 0 Å². The summed E-state index contributed by atoms with van der Waals surface area (Å²) in [6.07, 6.45) is 8.23. The number of carbonyl (C=O) groups excluding carboxylic acids is 1. The molecule has 0 aliphatic heterocycles. The number of carboxylic acid groups (broad SMARTS) is 1. The standard InChI is InChI=1S/C15H26N2O3/c1-10(11-5-3-2-4-6-11)16-15(20)17-13-8-7-12(9-13)14(18)19/h10-13H,2-9H2,1H3,(H,18,19)(H2,16,17,20)/t10?,12-,13+/m1/s1. The number of nitrogens with one attached hydrogen (secondary N) is 2. The molecule has 0 heterocycles. The first kappa shape index (κ1) is 15.1. The topological polar surface area (TPSA) is 78.4 Å². The number of amides is 2. The van der Waals surface area contributed by atoms with Crippen molar-refractivity contribution in [2.24, 2.45) is 11.8 Å². The zero-order valence-corrected chi connectivity index (χ0v) is 12.2. The molecule has 0 aromatic rings. The summed E-state index contributed by atoms with van der Waals surface area (Å²) in [5.41, 5.74) is 0. The van der Waals surface area contributed by atoms with Crippen LogP contribution in [0.5, 0.6) is 0 Å². The Balaban J connectivity index is 1.71. The summed E-state index contributed by atoms with van der Waals surface area (Å²) >= 11 is 0. The average Bonchev–Trinajstić information content (AvgIpc) is 2.88. The van der Waals surface area contributed by atoms with Crippen LogP contribution in [0.2, 0.25) is 0 Å². The molecular formula is C15H26N2O3. The van der Waals surface area contributed by atoms with Crippen LogP contribution in [0.1, 0.15) is 58.3 Å². The molecular weight excluding hydrogens is 256 g/mol. The van der Waals surface area contributed by atoms with Crippen molar-refractivity contribution in [1.82, 2.24) is 10.6 Å². The van der Waals surface area contributed by atoms with Crippen molar-refractivity contribution in [3.63, 3.8) is 0 Å². The van der Waals surface area contributed by atoms with E-state index in [0.717, 1.165) is 6.42 Å². The maximum Gasteiger partial charge on any atom is 0.315 e. The van der Waals surface area contributed by atoms with Gasteiger partial charge in [0.1, 0.15) is 0 Å². The molecule has 2 aliphatic carbocycles. The van der Waals surface area contributed by atoms with E-state index in [2.05, 4.69) is 17.6 Å². The molecule has 20 heavy (non-hydrogen) atoms. The molecule has 5 heteroatoms. The van der Waals surface area contributed by atoms with Gasteiger partial charge in [0.05, 0.1) is 5.92 Å². The van der Waals surface area contributed by atoms with Gasteiger partial charge in [-0.15, -0.1) is 0 Å². The number of urea groups is 1. The van der Waals surface area contributed by atoms with Crippen LogP contribution in [0.15, 0.2) is 0 Å². The average molecular weight is 282 g/mol. The Morgan fingerprint density at radius 3 is 2.40 bits per heavy atom. The van der Waals surface area contributed by atoms with Crippen molar-refractivity contribution in [3.8, 4) is 0 Å². The minimum atomic E-state index is -0.745. The van der Waals surface area contributed by atoms with Gasteiger partial charge in [0.2, 0.25) is 0 Å². The van der Waals surface area contributed by atoms with Gasteiger partial charge < -0.3 is 15.7 Å². The molecule has 2 fully saturated rings. The van der Waals surface area contributed by atoms with Gasteiger partial charge in [0.25, 0.3) is 0 Å². The summed E-state index contributed by atoms with van der Waals surface area (Å²) < 4.78 is 0. The molecule has 2 saturated carbocycles. The van der Waals surface area contributed by atoms with Crippen molar-refractivity contribution in [1.29, 1.82) is 0 Å². The Bertz CT molecular complexity index is 353. The first-order valence-corrected chi connectivity index (χ1v) is 7.86. The molecule has 5 nitrogen and oxygen atoms in total. The number of hydrogen-bond acceptors (Lipinski definition) is 2. The maximum atomic E-state index is 12.0. The van der Waals surface area contributed by atoms with E-state index in [1.54, 1.807) is 0 Å². The Hall–Kier alpha value is -1.26. The van der Waals surface area contributed by atoms with Gasteiger partial charge in [-0.05, 0) is 44.9 Å². The highest BCUT2D eigenvalue weighted by atomic mass is 16.4. The second-order valence-electron chi connectivity index (χ2n) is 6.35. The molecule has 114 valence electrons. The lowest BCUT2D eigenvalue weighted by Crippen LogP contribution is -2.47. The van der Waals surface area contributed by atoms with Crippen LogP contribution in [0, 0.1) is 11.8 Å². The van der Waals surface area contributed by atoms with E-state index < -0.39 is 5.97 Å². The summed E-state index contributed by atoms with van der Waals surface area (Å²) in [4.78, 5) is 22.8. The Morgan fingerprint density at radius 1 is 1.10 bits per heavy atom. The SMILES string of the molecule is CC(NC(=O)N[C@H]1CC[C@@H](C(=O)O)C1)C1CCCCC1. The number of carbonyl (C=O) groups is 2. The van der Waals surface area contributed by atoms with Crippen LogP contribution < -0.4 is 10.6 Å². The van der Waals surface area contributed by atoms with E-state index in [1.165, 1.54) is 32.1 Å². The van der Waals surface area contributed by atoms with E-state index in [4.69, 9.17) is 5.11 Å². The number of aliphatic carboxylic acids is 1. The Labute approximate surface area is 120 Å². The molecule has 2 rings (SSSR count). The summed E-state index contributed by atoms with van der Waals surface area (Å²) in [5.74, 6) is -0.453. The molecule has 0 aromatic carbocycles. The predicted octanol–water partition coefficient (Wildman–Crippen LogP) is 2.51. The van der Waals surface area contributed by atoms with Gasteiger partial charge >= 0.3 is 12.0 Å². The van der Waals surface area contributed by atoms with Crippen LogP contribution in [-0.2, 0) is 4.79 Å². The number of carboxylic acids is 1. The van der Waals surface area contributed by atoms with Crippen molar-refractivity contribution in [3.05, 3.63) is 0 Å². The van der Waals surface area contributed by atoms with Crippen LogP contribution >= 0.6 is 0 Å². The van der Waals surface area contributed by atoms with E-state index in [9.17, 15) is 9.59 Å². The fourth-order valence-corrected chi connectivity index (χ4v) is 3.52. The van der Waals surface area contributed by atoms with Gasteiger partial charge in [-0.2, -0.15) is 0 Å². The highest BCUT2D eigenvalue weighted by Crippen LogP contribution is 2.27. The molecule has 3 atom stereocenters. The van der Waals surface area contributed by atoms with Crippen molar-refractivity contribution in [2.75, 3.05) is 0 Å². The zero-order valence-electron chi connectivity index (χ0n) is 12.2. The fraction of sp³-hybridized carbons (Fsp3) is 0.867. The lowest BCUT2D eigenvalue weighted by atomic mass is 9.85. The van der Waals surface area contributed by atoms with E-state index >= 15 is 0 Å². The molecule has 2 aliphatic rings. The van der Waals surface area contributed by atoms with Crippen LogP contribution in [-0.4, -0.2) is 29.2 Å². The fourth-order valence-electron chi connectivity index (χ4n) is 3.52. The minimum Gasteiger partial charge on any atom is -0.481 e. The molecule has 2 amide bonds.